The number of hydrogen-bond acceptors (Lipinski definition) is 2. The van der Waals surface area contributed by atoms with Gasteiger partial charge in [0, 0.05) is 10.0 Å². The van der Waals surface area contributed by atoms with Crippen LogP contribution in [0.3, 0.4) is 0 Å². The predicted octanol–water partition coefficient (Wildman–Crippen LogP) is 4.03. The monoisotopic (exact) mass is 360 g/mol. The van der Waals surface area contributed by atoms with Crippen LogP contribution in [0.15, 0.2) is 22.7 Å². The van der Waals surface area contributed by atoms with Crippen molar-refractivity contribution >= 4 is 21.8 Å². The molecule has 0 radical (unpaired) electrons. The number of amides is 1. The lowest BCUT2D eigenvalue weighted by Crippen LogP contribution is -2.45. The van der Waals surface area contributed by atoms with Crippen LogP contribution in [-0.4, -0.2) is 11.4 Å². The maximum Gasteiger partial charge on any atom is 0.417 e. The Hall–Kier alpha value is -1.55. The lowest BCUT2D eigenvalue weighted by Gasteiger charge is -2.22. The Morgan fingerprint density at radius 3 is 2.48 bits per heavy atom. The Morgan fingerprint density at radius 2 is 1.95 bits per heavy atom. The minimum absolute atomic E-state index is 0.105. The lowest BCUT2D eigenvalue weighted by molar-refractivity contribution is -0.138. The molecule has 1 amide bonds. The molecule has 1 aliphatic carbocycles. The number of halogens is 4. The molecule has 0 saturated heterocycles. The zero-order chi connectivity index (χ0) is 15.7. The first-order valence-electron chi connectivity index (χ1n) is 6.38. The van der Waals surface area contributed by atoms with Crippen molar-refractivity contribution in [3.63, 3.8) is 0 Å². The Kier molecular flexibility index (Phi) is 4.28. The first-order valence-corrected chi connectivity index (χ1v) is 7.17. The first-order chi connectivity index (χ1) is 9.77. The Morgan fingerprint density at radius 1 is 1.33 bits per heavy atom. The van der Waals surface area contributed by atoms with E-state index in [0.29, 0.717) is 12.8 Å². The second-order valence-electron chi connectivity index (χ2n) is 5.05. The van der Waals surface area contributed by atoms with E-state index < -0.39 is 23.2 Å². The highest BCUT2D eigenvalue weighted by molar-refractivity contribution is 9.10. The number of carbonyl (C=O) groups excluding carboxylic acids is 1. The molecule has 0 spiro atoms. The van der Waals surface area contributed by atoms with Gasteiger partial charge in [-0.25, -0.2) is 0 Å². The highest BCUT2D eigenvalue weighted by Crippen LogP contribution is 2.35. The topological polar surface area (TPSA) is 52.9 Å². The van der Waals surface area contributed by atoms with E-state index in [0.717, 1.165) is 18.9 Å². The molecule has 1 aromatic rings. The van der Waals surface area contributed by atoms with E-state index in [4.69, 9.17) is 0 Å². The minimum Gasteiger partial charge on any atom is -0.334 e. The van der Waals surface area contributed by atoms with Crippen molar-refractivity contribution in [2.24, 2.45) is 0 Å². The molecule has 0 aliphatic heterocycles. The van der Waals surface area contributed by atoms with Crippen LogP contribution in [0.5, 0.6) is 0 Å². The van der Waals surface area contributed by atoms with Crippen molar-refractivity contribution in [1.29, 1.82) is 5.26 Å². The van der Waals surface area contributed by atoms with Gasteiger partial charge in [0.15, 0.2) is 0 Å². The fourth-order valence-electron chi connectivity index (χ4n) is 2.42. The molecular formula is C14H12BrF3N2O. The van der Waals surface area contributed by atoms with Crippen LogP contribution < -0.4 is 5.32 Å². The summed E-state index contributed by atoms with van der Waals surface area (Å²) in [6.45, 7) is 0. The van der Waals surface area contributed by atoms with E-state index in [2.05, 4.69) is 27.3 Å². The van der Waals surface area contributed by atoms with Crippen LogP contribution in [0, 0.1) is 11.3 Å². The van der Waals surface area contributed by atoms with Crippen molar-refractivity contribution in [3.05, 3.63) is 33.8 Å². The van der Waals surface area contributed by atoms with E-state index in [1.165, 1.54) is 12.1 Å². The van der Waals surface area contributed by atoms with E-state index in [1.807, 2.05) is 0 Å². The molecule has 0 heterocycles. The van der Waals surface area contributed by atoms with Crippen LogP contribution in [0.25, 0.3) is 0 Å². The molecule has 0 atom stereocenters. The summed E-state index contributed by atoms with van der Waals surface area (Å²) in [5.74, 6) is -0.656. The normalized spacial score (nSPS) is 17.3. The third-order valence-corrected chi connectivity index (χ3v) is 4.25. The van der Waals surface area contributed by atoms with E-state index >= 15 is 0 Å². The van der Waals surface area contributed by atoms with Gasteiger partial charge in [0.2, 0.25) is 0 Å². The van der Waals surface area contributed by atoms with Crippen LogP contribution in [-0.2, 0) is 6.18 Å². The zero-order valence-electron chi connectivity index (χ0n) is 10.9. The molecule has 1 fully saturated rings. The summed E-state index contributed by atoms with van der Waals surface area (Å²) in [6, 6.07) is 5.35. The highest BCUT2D eigenvalue weighted by Gasteiger charge is 2.37. The molecular weight excluding hydrogens is 349 g/mol. The zero-order valence-corrected chi connectivity index (χ0v) is 12.5. The van der Waals surface area contributed by atoms with Gasteiger partial charge in [-0.05, 0) is 43.9 Å². The van der Waals surface area contributed by atoms with E-state index in [9.17, 15) is 23.2 Å². The van der Waals surface area contributed by atoms with Crippen molar-refractivity contribution in [3.8, 4) is 6.07 Å². The van der Waals surface area contributed by atoms with Crippen LogP contribution in [0.4, 0.5) is 13.2 Å². The fraction of sp³-hybridized carbons (Fsp3) is 0.429. The fourth-order valence-corrected chi connectivity index (χ4v) is 2.89. The van der Waals surface area contributed by atoms with Gasteiger partial charge in [-0.2, -0.15) is 18.4 Å². The van der Waals surface area contributed by atoms with Crippen LogP contribution in [0.2, 0.25) is 0 Å². The quantitative estimate of drug-likeness (QED) is 0.865. The summed E-state index contributed by atoms with van der Waals surface area (Å²) in [4.78, 5) is 12.1. The lowest BCUT2D eigenvalue weighted by atomic mass is 9.99. The first kappa shape index (κ1) is 15.8. The third-order valence-electron chi connectivity index (χ3n) is 3.56. The molecule has 0 bridgehead atoms. The molecule has 1 saturated carbocycles. The summed E-state index contributed by atoms with van der Waals surface area (Å²) in [7, 11) is 0. The van der Waals surface area contributed by atoms with E-state index in [1.54, 1.807) is 0 Å². The summed E-state index contributed by atoms with van der Waals surface area (Å²) >= 11 is 2.82. The summed E-state index contributed by atoms with van der Waals surface area (Å²) < 4.78 is 38.4. The number of nitriles is 1. The van der Waals surface area contributed by atoms with Gasteiger partial charge in [0.05, 0.1) is 11.6 Å². The average Bonchev–Trinajstić information content (AvgIpc) is 2.87. The Balaban J connectivity index is 2.26. The number of nitrogens with zero attached hydrogens (tertiary/aromatic N) is 1. The summed E-state index contributed by atoms with van der Waals surface area (Å²) in [5.41, 5.74) is -1.97. The largest absolute Gasteiger partial charge is 0.417 e. The van der Waals surface area contributed by atoms with Crippen molar-refractivity contribution < 1.29 is 18.0 Å². The van der Waals surface area contributed by atoms with Crippen LogP contribution >= 0.6 is 15.9 Å². The molecule has 1 N–H and O–H groups in total. The molecule has 0 unspecified atom stereocenters. The van der Waals surface area contributed by atoms with E-state index in [-0.39, 0.29) is 10.0 Å². The Labute approximate surface area is 128 Å². The highest BCUT2D eigenvalue weighted by atomic mass is 79.9. The molecule has 1 aliphatic rings. The number of nitrogens with one attached hydrogen (secondary N) is 1. The molecule has 7 heteroatoms. The summed E-state index contributed by atoms with van der Waals surface area (Å²) in [5, 5.41) is 11.8. The molecule has 112 valence electrons. The molecule has 21 heavy (non-hydrogen) atoms. The number of alkyl halides is 3. The van der Waals surface area contributed by atoms with Gasteiger partial charge >= 0.3 is 6.18 Å². The number of hydrogen-bond donors (Lipinski definition) is 1. The standard InChI is InChI=1S/C14H12BrF3N2O/c15-11-4-3-9(7-10(11)14(16,17)18)12(21)20-13(8-19)5-1-2-6-13/h3-4,7H,1-2,5-6H2,(H,20,21). The second kappa shape index (κ2) is 5.68. The maximum absolute atomic E-state index is 12.8. The molecule has 0 aromatic heterocycles. The predicted molar refractivity (Wildman–Crippen MR) is 73.4 cm³/mol. The Bertz CT molecular complexity index is 601. The summed E-state index contributed by atoms with van der Waals surface area (Å²) in [6.07, 6.45) is -1.85. The maximum atomic E-state index is 12.8. The molecule has 1 aromatic carbocycles. The van der Waals surface area contributed by atoms with Gasteiger partial charge in [0.25, 0.3) is 5.91 Å². The molecule has 2 rings (SSSR count). The number of rotatable bonds is 2. The van der Waals surface area contributed by atoms with Crippen molar-refractivity contribution in [2.45, 2.75) is 37.4 Å². The van der Waals surface area contributed by atoms with Crippen molar-refractivity contribution in [2.75, 3.05) is 0 Å². The van der Waals surface area contributed by atoms with Gasteiger partial charge in [0.1, 0.15) is 5.54 Å². The minimum atomic E-state index is -4.55. The average molecular weight is 361 g/mol. The number of carbonyl (C=O) groups is 1. The van der Waals surface area contributed by atoms with Gasteiger partial charge in [-0.1, -0.05) is 15.9 Å². The number of benzene rings is 1. The SMILES string of the molecule is N#CC1(NC(=O)c2ccc(Br)c(C(F)(F)F)c2)CCCC1. The third kappa shape index (κ3) is 3.38. The van der Waals surface area contributed by atoms with Gasteiger partial charge < -0.3 is 5.32 Å². The van der Waals surface area contributed by atoms with Gasteiger partial charge in [-0.3, -0.25) is 4.79 Å². The van der Waals surface area contributed by atoms with Crippen molar-refractivity contribution in [1.82, 2.24) is 5.32 Å². The van der Waals surface area contributed by atoms with Crippen LogP contribution in [0.1, 0.15) is 41.6 Å². The molecule has 3 nitrogen and oxygen atoms in total. The second-order valence-corrected chi connectivity index (χ2v) is 5.90. The smallest absolute Gasteiger partial charge is 0.334 e. The van der Waals surface area contributed by atoms with Gasteiger partial charge in [-0.15, -0.1) is 0 Å².